The van der Waals surface area contributed by atoms with Crippen LogP contribution < -0.4 is 16.2 Å². The van der Waals surface area contributed by atoms with Gasteiger partial charge in [0.2, 0.25) is 5.91 Å². The molecule has 16 heavy (non-hydrogen) atoms. The van der Waals surface area contributed by atoms with Crippen LogP contribution in [0.2, 0.25) is 0 Å². The van der Waals surface area contributed by atoms with E-state index in [0.717, 1.165) is 25.1 Å². The standard InChI is InChI=1S/C10H17N5O/c1-14-7-9(5-12-14)15-4-2-3-8(6-15)10(16)13-11/h5,7-8H,2-4,6,11H2,1H3,(H,13,16)/t8-/m1/s1. The fourth-order valence-electron chi connectivity index (χ4n) is 2.12. The average Bonchev–Trinajstić information content (AvgIpc) is 2.75. The van der Waals surface area contributed by atoms with E-state index < -0.39 is 0 Å². The van der Waals surface area contributed by atoms with Crippen LogP contribution in [0.3, 0.4) is 0 Å². The lowest BCUT2D eigenvalue weighted by molar-refractivity contribution is -0.125. The van der Waals surface area contributed by atoms with Crippen LogP contribution >= 0.6 is 0 Å². The van der Waals surface area contributed by atoms with Crippen LogP contribution in [0.5, 0.6) is 0 Å². The molecule has 0 saturated carbocycles. The van der Waals surface area contributed by atoms with Gasteiger partial charge in [0.25, 0.3) is 0 Å². The average molecular weight is 223 g/mol. The highest BCUT2D eigenvalue weighted by atomic mass is 16.2. The van der Waals surface area contributed by atoms with Gasteiger partial charge in [-0.15, -0.1) is 0 Å². The number of nitrogens with two attached hydrogens (primary N) is 1. The minimum atomic E-state index is -0.0754. The topological polar surface area (TPSA) is 76.2 Å². The van der Waals surface area contributed by atoms with Gasteiger partial charge < -0.3 is 4.90 Å². The maximum Gasteiger partial charge on any atom is 0.238 e. The van der Waals surface area contributed by atoms with Crippen molar-refractivity contribution in [1.82, 2.24) is 15.2 Å². The number of carbonyl (C=O) groups is 1. The molecule has 2 rings (SSSR count). The third kappa shape index (κ3) is 2.16. The van der Waals surface area contributed by atoms with E-state index in [9.17, 15) is 4.79 Å². The van der Waals surface area contributed by atoms with E-state index in [1.165, 1.54) is 0 Å². The zero-order chi connectivity index (χ0) is 11.5. The molecule has 3 N–H and O–H groups in total. The normalized spacial score (nSPS) is 20.9. The number of nitrogens with one attached hydrogen (secondary N) is 1. The Balaban J connectivity index is 2.04. The van der Waals surface area contributed by atoms with E-state index in [-0.39, 0.29) is 11.8 Å². The molecule has 88 valence electrons. The molecular formula is C10H17N5O. The fraction of sp³-hybridized carbons (Fsp3) is 0.600. The third-order valence-electron chi connectivity index (χ3n) is 2.99. The molecule has 0 spiro atoms. The van der Waals surface area contributed by atoms with Crippen molar-refractivity contribution in [3.63, 3.8) is 0 Å². The van der Waals surface area contributed by atoms with Gasteiger partial charge in [-0.25, -0.2) is 5.84 Å². The predicted octanol–water partition coefficient (Wildman–Crippen LogP) is -0.374. The van der Waals surface area contributed by atoms with Crippen LogP contribution in [0, 0.1) is 5.92 Å². The summed E-state index contributed by atoms with van der Waals surface area (Å²) in [4.78, 5) is 13.6. The molecule has 1 saturated heterocycles. The lowest BCUT2D eigenvalue weighted by Crippen LogP contribution is -2.45. The number of aromatic nitrogens is 2. The van der Waals surface area contributed by atoms with Crippen LogP contribution in [-0.4, -0.2) is 28.8 Å². The lowest BCUT2D eigenvalue weighted by Gasteiger charge is -2.32. The first-order valence-corrected chi connectivity index (χ1v) is 5.44. The van der Waals surface area contributed by atoms with Gasteiger partial charge in [0.05, 0.1) is 17.8 Å². The molecule has 0 bridgehead atoms. The maximum atomic E-state index is 11.5. The molecule has 6 heteroatoms. The zero-order valence-electron chi connectivity index (χ0n) is 9.39. The zero-order valence-corrected chi connectivity index (χ0v) is 9.39. The number of hydrogen-bond donors (Lipinski definition) is 2. The minimum Gasteiger partial charge on any atom is -0.368 e. The van der Waals surface area contributed by atoms with Crippen LogP contribution in [0.4, 0.5) is 5.69 Å². The largest absolute Gasteiger partial charge is 0.368 e. The van der Waals surface area contributed by atoms with E-state index in [1.807, 2.05) is 19.4 Å². The number of piperidine rings is 1. The molecule has 1 fully saturated rings. The molecular weight excluding hydrogens is 206 g/mol. The van der Waals surface area contributed by atoms with Crippen molar-refractivity contribution >= 4 is 11.6 Å². The number of hydrazine groups is 1. The second-order valence-corrected chi connectivity index (χ2v) is 4.17. The van der Waals surface area contributed by atoms with Crippen molar-refractivity contribution < 1.29 is 4.79 Å². The highest BCUT2D eigenvalue weighted by Gasteiger charge is 2.25. The van der Waals surface area contributed by atoms with Crippen LogP contribution in [-0.2, 0) is 11.8 Å². The number of nitrogens with zero attached hydrogens (tertiary/aromatic N) is 3. The maximum absolute atomic E-state index is 11.5. The Kier molecular flexibility index (Phi) is 3.09. The van der Waals surface area contributed by atoms with Crippen molar-refractivity contribution in [2.45, 2.75) is 12.8 Å². The number of rotatable bonds is 2. The van der Waals surface area contributed by atoms with Gasteiger partial charge in [-0.2, -0.15) is 5.10 Å². The summed E-state index contributed by atoms with van der Waals surface area (Å²) in [6, 6.07) is 0. The van der Waals surface area contributed by atoms with Gasteiger partial charge in [0.1, 0.15) is 0 Å². The molecule has 1 aliphatic heterocycles. The van der Waals surface area contributed by atoms with Gasteiger partial charge in [0.15, 0.2) is 0 Å². The van der Waals surface area contributed by atoms with Crippen molar-refractivity contribution in [1.29, 1.82) is 0 Å². The summed E-state index contributed by atoms with van der Waals surface area (Å²) in [7, 11) is 1.89. The van der Waals surface area contributed by atoms with Gasteiger partial charge in [-0.1, -0.05) is 0 Å². The summed E-state index contributed by atoms with van der Waals surface area (Å²) >= 11 is 0. The highest BCUT2D eigenvalue weighted by Crippen LogP contribution is 2.22. The molecule has 0 aromatic carbocycles. The Bertz CT molecular complexity index is 375. The second kappa shape index (κ2) is 4.52. The van der Waals surface area contributed by atoms with Gasteiger partial charge in [-0.05, 0) is 12.8 Å². The van der Waals surface area contributed by atoms with E-state index in [4.69, 9.17) is 5.84 Å². The smallest absolute Gasteiger partial charge is 0.238 e. The van der Waals surface area contributed by atoms with E-state index >= 15 is 0 Å². The molecule has 0 aliphatic carbocycles. The van der Waals surface area contributed by atoms with E-state index in [2.05, 4.69) is 15.4 Å². The Morgan fingerprint density at radius 3 is 3.12 bits per heavy atom. The van der Waals surface area contributed by atoms with Gasteiger partial charge in [0, 0.05) is 26.3 Å². The Labute approximate surface area is 94.4 Å². The summed E-state index contributed by atoms with van der Waals surface area (Å²) < 4.78 is 1.77. The van der Waals surface area contributed by atoms with Crippen LogP contribution in [0.25, 0.3) is 0 Å². The first-order chi connectivity index (χ1) is 7.70. The van der Waals surface area contributed by atoms with Crippen LogP contribution in [0.1, 0.15) is 12.8 Å². The van der Waals surface area contributed by atoms with Crippen molar-refractivity contribution in [2.24, 2.45) is 18.8 Å². The van der Waals surface area contributed by atoms with Crippen LogP contribution in [0.15, 0.2) is 12.4 Å². The number of amides is 1. The minimum absolute atomic E-state index is 0.0149. The summed E-state index contributed by atoms with van der Waals surface area (Å²) in [5.41, 5.74) is 3.29. The Morgan fingerprint density at radius 1 is 1.69 bits per heavy atom. The van der Waals surface area contributed by atoms with Gasteiger partial charge in [-0.3, -0.25) is 14.9 Å². The molecule has 6 nitrogen and oxygen atoms in total. The summed E-state index contributed by atoms with van der Waals surface area (Å²) in [5, 5.41) is 4.13. The van der Waals surface area contributed by atoms with E-state index in [0.29, 0.717) is 6.54 Å². The monoisotopic (exact) mass is 223 g/mol. The Morgan fingerprint density at radius 2 is 2.50 bits per heavy atom. The highest BCUT2D eigenvalue weighted by molar-refractivity contribution is 5.78. The first-order valence-electron chi connectivity index (χ1n) is 5.44. The SMILES string of the molecule is Cn1cc(N2CCC[C@@H](C(=O)NN)C2)cn1. The number of aryl methyl sites for hydroxylation is 1. The summed E-state index contributed by atoms with van der Waals surface area (Å²) in [6.07, 6.45) is 5.69. The Hall–Kier alpha value is -1.56. The number of anilines is 1. The number of carbonyl (C=O) groups excluding carboxylic acids is 1. The van der Waals surface area contributed by atoms with E-state index in [1.54, 1.807) is 4.68 Å². The molecule has 0 radical (unpaired) electrons. The lowest BCUT2D eigenvalue weighted by atomic mass is 9.97. The molecule has 0 unspecified atom stereocenters. The predicted molar refractivity (Wildman–Crippen MR) is 60.5 cm³/mol. The molecule has 1 aromatic heterocycles. The molecule has 1 atom stereocenters. The molecule has 2 heterocycles. The van der Waals surface area contributed by atoms with Crippen molar-refractivity contribution in [3.8, 4) is 0 Å². The molecule has 1 aromatic rings. The van der Waals surface area contributed by atoms with Crippen molar-refractivity contribution in [2.75, 3.05) is 18.0 Å². The molecule has 1 amide bonds. The third-order valence-corrected chi connectivity index (χ3v) is 2.99. The first kappa shape index (κ1) is 10.9. The quantitative estimate of drug-likeness (QED) is 0.407. The van der Waals surface area contributed by atoms with Gasteiger partial charge >= 0.3 is 0 Å². The second-order valence-electron chi connectivity index (χ2n) is 4.17. The number of hydrogen-bond acceptors (Lipinski definition) is 4. The summed E-state index contributed by atoms with van der Waals surface area (Å²) in [5.74, 6) is 5.07. The summed E-state index contributed by atoms with van der Waals surface area (Å²) in [6.45, 7) is 1.69. The fourth-order valence-corrected chi connectivity index (χ4v) is 2.12. The molecule has 1 aliphatic rings. The van der Waals surface area contributed by atoms with Crippen molar-refractivity contribution in [3.05, 3.63) is 12.4 Å².